The number of benzene rings is 1. The van der Waals surface area contributed by atoms with E-state index in [0.717, 1.165) is 17.7 Å². The van der Waals surface area contributed by atoms with E-state index in [1.165, 1.54) is 0 Å². The summed E-state index contributed by atoms with van der Waals surface area (Å²) in [5.74, 6) is 5.87. The fraction of sp³-hybridized carbons (Fsp3) is 0.296. The molecule has 2 amide bonds. The summed E-state index contributed by atoms with van der Waals surface area (Å²) in [4.78, 5) is 34.5. The number of H-pyrrole nitrogens is 1. The molecule has 3 aromatic rings. The van der Waals surface area contributed by atoms with Gasteiger partial charge in [-0.15, -0.1) is 0 Å². The van der Waals surface area contributed by atoms with Crippen LogP contribution in [0.25, 0.3) is 11.3 Å². The van der Waals surface area contributed by atoms with Crippen LogP contribution < -0.4 is 20.1 Å². The summed E-state index contributed by atoms with van der Waals surface area (Å²) in [5, 5.41) is 6.74. The number of pyridine rings is 1. The smallest absolute Gasteiger partial charge is 0.298 e. The van der Waals surface area contributed by atoms with E-state index in [1.807, 2.05) is 18.2 Å². The summed E-state index contributed by atoms with van der Waals surface area (Å²) in [5.41, 5.74) is 3.96. The second-order valence-corrected chi connectivity index (χ2v) is 9.09. The average Bonchev–Trinajstić information content (AvgIpc) is 3.23. The second kappa shape index (κ2) is 10.4. The van der Waals surface area contributed by atoms with Gasteiger partial charge in [-0.25, -0.2) is 0 Å². The van der Waals surface area contributed by atoms with Gasteiger partial charge in [0.05, 0.1) is 47.0 Å². The van der Waals surface area contributed by atoms with Gasteiger partial charge in [0.15, 0.2) is 5.75 Å². The number of fused-ring (bicyclic) bond motifs is 1. The van der Waals surface area contributed by atoms with Gasteiger partial charge in [-0.05, 0) is 37.5 Å². The van der Waals surface area contributed by atoms with Gasteiger partial charge in [-0.3, -0.25) is 14.6 Å². The maximum Gasteiger partial charge on any atom is 0.298 e. The molecule has 0 radical (unpaired) electrons. The van der Waals surface area contributed by atoms with Crippen molar-refractivity contribution >= 4 is 34.8 Å². The molecule has 0 spiro atoms. The maximum absolute atomic E-state index is 12.9. The minimum atomic E-state index is -0.196. The average molecular weight is 520 g/mol. The molecule has 2 aliphatic rings. The van der Waals surface area contributed by atoms with Crippen LogP contribution in [0.15, 0.2) is 36.7 Å². The van der Waals surface area contributed by atoms with Crippen molar-refractivity contribution in [1.82, 2.24) is 20.2 Å². The second-order valence-electron chi connectivity index (χ2n) is 8.68. The first kappa shape index (κ1) is 24.5. The molecule has 37 heavy (non-hydrogen) atoms. The highest BCUT2D eigenvalue weighted by atomic mass is 35.5. The molecule has 0 aliphatic carbocycles. The number of halogens is 1. The van der Waals surface area contributed by atoms with E-state index >= 15 is 0 Å². The summed E-state index contributed by atoms with van der Waals surface area (Å²) in [6.07, 6.45) is 4.80. The minimum absolute atomic E-state index is 0.0580. The Balaban J connectivity index is 1.51. The molecule has 0 bridgehead atoms. The normalized spacial score (nSPS) is 16.0. The SMILES string of the molecule is CC#CC(=O)N1CCC1COc1cnccc1-c1[nH]c2c(c1Nc1cccc(Cl)c1OC)C(=O)NCC2. The van der Waals surface area contributed by atoms with E-state index in [1.54, 1.807) is 37.4 Å². The topological polar surface area (TPSA) is 109 Å². The minimum Gasteiger partial charge on any atom is -0.493 e. The molecule has 190 valence electrons. The zero-order chi connectivity index (χ0) is 25.9. The van der Waals surface area contributed by atoms with E-state index in [0.29, 0.717) is 65.3 Å². The number of hydrogen-bond acceptors (Lipinski definition) is 6. The summed E-state index contributed by atoms with van der Waals surface area (Å²) in [7, 11) is 1.54. The summed E-state index contributed by atoms with van der Waals surface area (Å²) < 4.78 is 11.7. The number of nitrogens with one attached hydrogen (secondary N) is 3. The molecule has 1 saturated heterocycles. The molecule has 2 aromatic heterocycles. The first-order valence-corrected chi connectivity index (χ1v) is 12.3. The third-order valence-electron chi connectivity index (χ3n) is 6.52. The molecule has 1 aromatic carbocycles. The molecular formula is C27H26ClN5O4. The van der Waals surface area contributed by atoms with Crippen molar-refractivity contribution in [2.45, 2.75) is 25.8 Å². The molecule has 1 unspecified atom stereocenters. The van der Waals surface area contributed by atoms with Gasteiger partial charge < -0.3 is 30.0 Å². The molecule has 0 saturated carbocycles. The fourth-order valence-corrected chi connectivity index (χ4v) is 4.86. The molecule has 3 N–H and O–H groups in total. The highest BCUT2D eigenvalue weighted by molar-refractivity contribution is 6.32. The van der Waals surface area contributed by atoms with Crippen molar-refractivity contribution in [2.75, 3.05) is 32.1 Å². The lowest BCUT2D eigenvalue weighted by atomic mass is 10.0. The molecular weight excluding hydrogens is 494 g/mol. The number of carbonyl (C=O) groups is 2. The fourth-order valence-electron chi connectivity index (χ4n) is 4.60. The van der Waals surface area contributed by atoms with E-state index in [4.69, 9.17) is 21.1 Å². The van der Waals surface area contributed by atoms with Crippen molar-refractivity contribution in [2.24, 2.45) is 0 Å². The largest absolute Gasteiger partial charge is 0.493 e. The van der Waals surface area contributed by atoms with Crippen molar-refractivity contribution < 1.29 is 19.1 Å². The van der Waals surface area contributed by atoms with Crippen LogP contribution in [0, 0.1) is 11.8 Å². The Labute approximate surface area is 219 Å². The number of carbonyl (C=O) groups excluding carboxylic acids is 2. The number of methoxy groups -OCH3 is 1. The number of hydrogen-bond donors (Lipinski definition) is 3. The number of ether oxygens (including phenoxy) is 2. The van der Waals surface area contributed by atoms with Gasteiger partial charge in [0.2, 0.25) is 0 Å². The molecule has 1 fully saturated rings. The lowest BCUT2D eigenvalue weighted by molar-refractivity contribution is -0.133. The lowest BCUT2D eigenvalue weighted by Crippen LogP contribution is -2.53. The van der Waals surface area contributed by atoms with Gasteiger partial charge >= 0.3 is 0 Å². The van der Waals surface area contributed by atoms with Crippen LogP contribution in [-0.2, 0) is 11.2 Å². The predicted molar refractivity (Wildman–Crippen MR) is 140 cm³/mol. The number of nitrogens with zero attached hydrogens (tertiary/aromatic N) is 2. The summed E-state index contributed by atoms with van der Waals surface area (Å²) in [6, 6.07) is 7.15. The zero-order valence-electron chi connectivity index (χ0n) is 20.5. The van der Waals surface area contributed by atoms with Crippen LogP contribution in [0.4, 0.5) is 11.4 Å². The number of anilines is 2. The van der Waals surface area contributed by atoms with E-state index < -0.39 is 0 Å². The van der Waals surface area contributed by atoms with Crippen LogP contribution in [0.3, 0.4) is 0 Å². The lowest BCUT2D eigenvalue weighted by Gasteiger charge is -2.39. The van der Waals surface area contributed by atoms with Crippen LogP contribution in [-0.4, -0.2) is 59.5 Å². The Kier molecular flexibility index (Phi) is 6.93. The number of rotatable bonds is 7. The van der Waals surface area contributed by atoms with Crippen LogP contribution in [0.1, 0.15) is 29.4 Å². The van der Waals surface area contributed by atoms with Gasteiger partial charge in [0.1, 0.15) is 12.4 Å². The van der Waals surface area contributed by atoms with Gasteiger partial charge in [0.25, 0.3) is 11.8 Å². The molecule has 2 aliphatic heterocycles. The summed E-state index contributed by atoms with van der Waals surface area (Å²) >= 11 is 6.35. The Morgan fingerprint density at radius 3 is 2.97 bits per heavy atom. The Morgan fingerprint density at radius 1 is 1.35 bits per heavy atom. The highest BCUT2D eigenvalue weighted by Crippen LogP contribution is 2.43. The van der Waals surface area contributed by atoms with E-state index in [9.17, 15) is 9.59 Å². The molecule has 4 heterocycles. The van der Waals surface area contributed by atoms with Crippen molar-refractivity contribution in [3.05, 3.63) is 52.9 Å². The zero-order valence-corrected chi connectivity index (χ0v) is 21.2. The predicted octanol–water partition coefficient (Wildman–Crippen LogP) is 3.77. The molecule has 1 atom stereocenters. The number of amides is 2. The van der Waals surface area contributed by atoms with Gasteiger partial charge in [-0.1, -0.05) is 23.6 Å². The number of likely N-dealkylation sites (tertiary alicyclic amines) is 1. The monoisotopic (exact) mass is 519 g/mol. The molecule has 9 nitrogen and oxygen atoms in total. The highest BCUT2D eigenvalue weighted by Gasteiger charge is 2.33. The van der Waals surface area contributed by atoms with Crippen molar-refractivity contribution in [3.8, 4) is 34.6 Å². The van der Waals surface area contributed by atoms with Gasteiger partial charge in [0, 0.05) is 37.0 Å². The Morgan fingerprint density at radius 2 is 2.22 bits per heavy atom. The molecule has 5 rings (SSSR count). The van der Waals surface area contributed by atoms with Crippen LogP contribution in [0.2, 0.25) is 5.02 Å². The number of para-hydroxylation sites is 1. The van der Waals surface area contributed by atoms with Crippen molar-refractivity contribution in [1.29, 1.82) is 0 Å². The standard InChI is InChI=1S/C27H26ClN5O4/c1-3-5-22(34)33-13-10-16(33)15-37-21-14-29-11-8-17(21)24-25(23-19(31-24)9-12-30-27(23)35)32-20-7-4-6-18(28)26(20)36-2/h4,6-8,11,14,16,31-32H,9-10,12-13,15H2,1-2H3,(H,30,35). The number of aromatic amines is 1. The van der Waals surface area contributed by atoms with E-state index in [2.05, 4.69) is 32.4 Å². The summed E-state index contributed by atoms with van der Waals surface area (Å²) in [6.45, 7) is 3.15. The first-order valence-electron chi connectivity index (χ1n) is 11.9. The van der Waals surface area contributed by atoms with Crippen molar-refractivity contribution in [3.63, 3.8) is 0 Å². The Hall–Kier alpha value is -4.16. The third kappa shape index (κ3) is 4.68. The quantitative estimate of drug-likeness (QED) is 0.410. The van der Waals surface area contributed by atoms with Crippen LogP contribution in [0.5, 0.6) is 11.5 Å². The number of aromatic nitrogens is 2. The van der Waals surface area contributed by atoms with E-state index in [-0.39, 0.29) is 17.9 Å². The molecule has 10 heteroatoms. The third-order valence-corrected chi connectivity index (χ3v) is 6.82. The Bertz CT molecular complexity index is 1420. The van der Waals surface area contributed by atoms with Crippen LogP contribution >= 0.6 is 11.6 Å². The first-order chi connectivity index (χ1) is 18.0. The maximum atomic E-state index is 12.9. The van der Waals surface area contributed by atoms with Gasteiger partial charge in [-0.2, -0.15) is 0 Å².